The van der Waals surface area contributed by atoms with E-state index in [1.807, 2.05) is 13.8 Å². The Bertz CT molecular complexity index is 711. The Morgan fingerprint density at radius 2 is 1.88 bits per heavy atom. The van der Waals surface area contributed by atoms with Gasteiger partial charge in [-0.05, 0) is 44.4 Å². The molecule has 0 radical (unpaired) electrons. The van der Waals surface area contributed by atoms with Crippen LogP contribution in [0.15, 0.2) is 23.1 Å². The van der Waals surface area contributed by atoms with Gasteiger partial charge in [0.25, 0.3) is 0 Å². The van der Waals surface area contributed by atoms with Crippen molar-refractivity contribution in [2.24, 2.45) is 0 Å². The smallest absolute Gasteiger partial charge is 0.242 e. The van der Waals surface area contributed by atoms with Gasteiger partial charge in [-0.15, -0.1) is 11.8 Å². The van der Waals surface area contributed by atoms with E-state index >= 15 is 0 Å². The highest BCUT2D eigenvalue weighted by atomic mass is 32.2. The van der Waals surface area contributed by atoms with E-state index in [1.54, 1.807) is 30.0 Å². The normalized spacial score (nSPS) is 17.5. The second kappa shape index (κ2) is 8.56. The first-order valence-electron chi connectivity index (χ1n) is 8.71. The van der Waals surface area contributed by atoms with Gasteiger partial charge >= 0.3 is 0 Å². The standard InChI is InChI=1S/C18H28N2O3S2/c1-13-10-11-16(25(22,23)20(3)4)12-17(13)19-18(21)14(2)24-15-8-6-5-7-9-15/h10-12,14-15H,5-9H2,1-4H3,(H,19,21). The van der Waals surface area contributed by atoms with Crippen LogP contribution in [-0.4, -0.2) is 43.2 Å². The Hall–Kier alpha value is -1.05. The number of aryl methyl sites for hydroxylation is 1. The van der Waals surface area contributed by atoms with Crippen molar-refractivity contribution in [3.05, 3.63) is 23.8 Å². The van der Waals surface area contributed by atoms with E-state index in [0.717, 1.165) is 5.56 Å². The monoisotopic (exact) mass is 384 g/mol. The largest absolute Gasteiger partial charge is 0.325 e. The van der Waals surface area contributed by atoms with Crippen LogP contribution in [0, 0.1) is 6.92 Å². The fraction of sp³-hybridized carbons (Fsp3) is 0.611. The number of hydrogen-bond donors (Lipinski definition) is 1. The van der Waals surface area contributed by atoms with Gasteiger partial charge in [0.15, 0.2) is 0 Å². The third-order valence-corrected chi connectivity index (χ3v) is 7.85. The van der Waals surface area contributed by atoms with Crippen molar-refractivity contribution in [2.75, 3.05) is 19.4 Å². The summed E-state index contributed by atoms with van der Waals surface area (Å²) in [4.78, 5) is 12.7. The molecule has 25 heavy (non-hydrogen) atoms. The first-order chi connectivity index (χ1) is 11.7. The number of nitrogens with one attached hydrogen (secondary N) is 1. The van der Waals surface area contributed by atoms with Gasteiger partial charge in [-0.2, -0.15) is 0 Å². The minimum atomic E-state index is -3.52. The lowest BCUT2D eigenvalue weighted by Crippen LogP contribution is -2.26. The topological polar surface area (TPSA) is 66.5 Å². The highest BCUT2D eigenvalue weighted by Crippen LogP contribution is 2.31. The molecule has 1 unspecified atom stereocenters. The first-order valence-corrected chi connectivity index (χ1v) is 11.1. The zero-order valence-electron chi connectivity index (χ0n) is 15.4. The van der Waals surface area contributed by atoms with Crippen LogP contribution in [0.1, 0.15) is 44.6 Å². The molecule has 1 aromatic carbocycles. The molecule has 0 heterocycles. The summed E-state index contributed by atoms with van der Waals surface area (Å²) in [5, 5.41) is 3.30. The summed E-state index contributed by atoms with van der Waals surface area (Å²) in [5.41, 5.74) is 1.41. The van der Waals surface area contributed by atoms with Crippen molar-refractivity contribution in [3.63, 3.8) is 0 Å². The van der Waals surface area contributed by atoms with Crippen molar-refractivity contribution in [3.8, 4) is 0 Å². The predicted molar refractivity (Wildman–Crippen MR) is 105 cm³/mol. The lowest BCUT2D eigenvalue weighted by atomic mass is 10.0. The molecule has 1 aromatic rings. The number of sulfonamides is 1. The summed E-state index contributed by atoms with van der Waals surface area (Å²) < 4.78 is 25.7. The maximum absolute atomic E-state index is 12.5. The molecule has 5 nitrogen and oxygen atoms in total. The summed E-state index contributed by atoms with van der Waals surface area (Å²) >= 11 is 1.73. The fourth-order valence-corrected chi connectivity index (χ4v) is 5.19. The number of rotatable bonds is 6. The molecule has 1 atom stereocenters. The maximum atomic E-state index is 12.5. The van der Waals surface area contributed by atoms with E-state index in [9.17, 15) is 13.2 Å². The minimum Gasteiger partial charge on any atom is -0.325 e. The molecule has 1 saturated carbocycles. The molecule has 0 bridgehead atoms. The lowest BCUT2D eigenvalue weighted by Gasteiger charge is -2.24. The summed E-state index contributed by atoms with van der Waals surface area (Å²) in [5.74, 6) is -0.0712. The van der Waals surface area contributed by atoms with E-state index in [1.165, 1.54) is 50.5 Å². The van der Waals surface area contributed by atoms with Crippen LogP contribution in [0.2, 0.25) is 0 Å². The molecule has 1 aliphatic carbocycles. The van der Waals surface area contributed by atoms with E-state index < -0.39 is 10.0 Å². The molecule has 1 amide bonds. The fourth-order valence-electron chi connectivity index (χ4n) is 2.89. The van der Waals surface area contributed by atoms with Gasteiger partial charge in [-0.1, -0.05) is 25.3 Å². The van der Waals surface area contributed by atoms with Gasteiger partial charge in [-0.25, -0.2) is 12.7 Å². The van der Waals surface area contributed by atoms with Gasteiger partial charge in [0.1, 0.15) is 0 Å². The van der Waals surface area contributed by atoms with Crippen molar-refractivity contribution in [1.82, 2.24) is 4.31 Å². The van der Waals surface area contributed by atoms with Crippen LogP contribution in [0.3, 0.4) is 0 Å². The van der Waals surface area contributed by atoms with Crippen LogP contribution in [0.25, 0.3) is 0 Å². The molecule has 0 aliphatic heterocycles. The highest BCUT2D eigenvalue weighted by Gasteiger charge is 2.23. The molecule has 1 aliphatic rings. The molecule has 0 spiro atoms. The second-order valence-corrected chi connectivity index (χ2v) is 10.6. The number of carbonyl (C=O) groups excluding carboxylic acids is 1. The number of amides is 1. The summed E-state index contributed by atoms with van der Waals surface area (Å²) in [6, 6.07) is 4.84. The van der Waals surface area contributed by atoms with E-state index in [0.29, 0.717) is 10.9 Å². The molecule has 7 heteroatoms. The molecule has 2 rings (SSSR count). The first kappa shape index (κ1) is 20.3. The maximum Gasteiger partial charge on any atom is 0.242 e. The van der Waals surface area contributed by atoms with Gasteiger partial charge < -0.3 is 5.32 Å². The van der Waals surface area contributed by atoms with Crippen LogP contribution in [0.4, 0.5) is 5.69 Å². The van der Waals surface area contributed by atoms with E-state index in [-0.39, 0.29) is 16.1 Å². The minimum absolute atomic E-state index is 0.0712. The number of benzene rings is 1. The van der Waals surface area contributed by atoms with Crippen molar-refractivity contribution in [2.45, 2.75) is 61.3 Å². The molecule has 1 fully saturated rings. The summed E-state index contributed by atoms with van der Waals surface area (Å²) in [6.07, 6.45) is 6.14. The van der Waals surface area contributed by atoms with Crippen molar-refractivity contribution in [1.29, 1.82) is 0 Å². The Morgan fingerprint density at radius 3 is 2.48 bits per heavy atom. The number of nitrogens with zero attached hydrogens (tertiary/aromatic N) is 1. The Morgan fingerprint density at radius 1 is 1.24 bits per heavy atom. The predicted octanol–water partition coefficient (Wildman–Crippen LogP) is 3.64. The van der Waals surface area contributed by atoms with Gasteiger partial charge in [0.2, 0.25) is 15.9 Å². The van der Waals surface area contributed by atoms with Crippen LogP contribution in [-0.2, 0) is 14.8 Å². The SMILES string of the molecule is Cc1ccc(S(=O)(=O)N(C)C)cc1NC(=O)C(C)SC1CCCCC1. The highest BCUT2D eigenvalue weighted by molar-refractivity contribution is 8.01. The van der Waals surface area contributed by atoms with E-state index in [2.05, 4.69) is 5.32 Å². The number of thioether (sulfide) groups is 1. The third-order valence-electron chi connectivity index (χ3n) is 4.56. The molecular formula is C18H28N2O3S2. The second-order valence-electron chi connectivity index (χ2n) is 6.79. The van der Waals surface area contributed by atoms with Crippen LogP contribution < -0.4 is 5.32 Å². The Balaban J connectivity index is 2.09. The molecule has 140 valence electrons. The van der Waals surface area contributed by atoms with Crippen molar-refractivity contribution >= 4 is 33.4 Å². The van der Waals surface area contributed by atoms with Gasteiger partial charge in [0, 0.05) is 25.0 Å². The van der Waals surface area contributed by atoms with Gasteiger partial charge in [0.05, 0.1) is 10.1 Å². The number of anilines is 1. The lowest BCUT2D eigenvalue weighted by molar-refractivity contribution is -0.115. The average molecular weight is 385 g/mol. The summed E-state index contributed by atoms with van der Waals surface area (Å²) in [6.45, 7) is 3.78. The molecular weight excluding hydrogens is 356 g/mol. The number of hydrogen-bond acceptors (Lipinski definition) is 4. The Kier molecular flexibility index (Phi) is 6.93. The van der Waals surface area contributed by atoms with Crippen LogP contribution >= 0.6 is 11.8 Å². The van der Waals surface area contributed by atoms with E-state index in [4.69, 9.17) is 0 Å². The van der Waals surface area contributed by atoms with Gasteiger partial charge in [-0.3, -0.25) is 4.79 Å². The number of carbonyl (C=O) groups is 1. The van der Waals surface area contributed by atoms with Crippen molar-refractivity contribution < 1.29 is 13.2 Å². The zero-order chi connectivity index (χ0) is 18.6. The average Bonchev–Trinajstić information content (AvgIpc) is 2.57. The molecule has 0 saturated heterocycles. The summed E-state index contributed by atoms with van der Waals surface area (Å²) in [7, 11) is -0.525. The third kappa shape index (κ3) is 5.21. The quantitative estimate of drug-likeness (QED) is 0.813. The molecule has 0 aromatic heterocycles. The van der Waals surface area contributed by atoms with Crippen LogP contribution in [0.5, 0.6) is 0 Å². The zero-order valence-corrected chi connectivity index (χ0v) is 17.0. The Labute approximate surface area is 155 Å². The molecule has 1 N–H and O–H groups in total.